The van der Waals surface area contributed by atoms with E-state index in [9.17, 15) is 0 Å². The molecule has 0 aliphatic carbocycles. The predicted molar refractivity (Wildman–Crippen MR) is 144 cm³/mol. The SMILES string of the molecule is c1ccc(C(c2ccc3ccccc3c2)C(c2ccccc2)c2ccc3ccccc3c2)cc1. The Bertz CT molecular complexity index is 1430. The summed E-state index contributed by atoms with van der Waals surface area (Å²) in [5.74, 6) is 0.378. The largest absolute Gasteiger partial charge is 0.0622 e. The van der Waals surface area contributed by atoms with Gasteiger partial charge in [0, 0.05) is 11.8 Å². The van der Waals surface area contributed by atoms with Crippen molar-refractivity contribution >= 4 is 21.5 Å². The first-order chi connectivity index (χ1) is 16.9. The molecule has 0 heteroatoms. The van der Waals surface area contributed by atoms with E-state index in [1.807, 2.05) is 0 Å². The van der Waals surface area contributed by atoms with E-state index in [-0.39, 0.29) is 11.8 Å². The Hall–Kier alpha value is -4.16. The topological polar surface area (TPSA) is 0 Å². The van der Waals surface area contributed by atoms with Gasteiger partial charge in [-0.3, -0.25) is 0 Å². The second kappa shape index (κ2) is 9.00. The normalized spacial score (nSPS) is 13.1. The second-order valence-electron chi connectivity index (χ2n) is 8.99. The molecule has 0 spiro atoms. The summed E-state index contributed by atoms with van der Waals surface area (Å²) < 4.78 is 0. The van der Waals surface area contributed by atoms with Gasteiger partial charge in [0.1, 0.15) is 0 Å². The van der Waals surface area contributed by atoms with E-state index < -0.39 is 0 Å². The Labute approximate surface area is 201 Å². The summed E-state index contributed by atoms with van der Waals surface area (Å²) in [6.07, 6.45) is 0. The van der Waals surface area contributed by atoms with Gasteiger partial charge in [-0.25, -0.2) is 0 Å². The molecule has 0 bridgehead atoms. The minimum absolute atomic E-state index is 0.189. The zero-order valence-corrected chi connectivity index (χ0v) is 19.0. The lowest BCUT2D eigenvalue weighted by Crippen LogP contribution is -2.15. The lowest BCUT2D eigenvalue weighted by molar-refractivity contribution is 0.695. The van der Waals surface area contributed by atoms with E-state index >= 15 is 0 Å². The quantitative estimate of drug-likeness (QED) is 0.254. The molecule has 0 nitrogen and oxygen atoms in total. The average molecular weight is 435 g/mol. The van der Waals surface area contributed by atoms with Crippen LogP contribution in [-0.2, 0) is 0 Å². The van der Waals surface area contributed by atoms with Crippen molar-refractivity contribution in [3.63, 3.8) is 0 Å². The standard InChI is InChI=1S/C34H26/c1-3-13-27(14-4-1)33(31-21-19-25-11-7-9-17-29(25)23-31)34(28-15-5-2-6-16-28)32-22-20-26-12-8-10-18-30(26)24-32/h1-24,33-34H. The van der Waals surface area contributed by atoms with Gasteiger partial charge in [0.2, 0.25) is 0 Å². The third kappa shape index (κ3) is 3.89. The van der Waals surface area contributed by atoms with Crippen molar-refractivity contribution in [3.05, 3.63) is 168 Å². The molecule has 162 valence electrons. The van der Waals surface area contributed by atoms with Gasteiger partial charge in [0.05, 0.1) is 0 Å². The summed E-state index contributed by atoms with van der Waals surface area (Å²) in [6.45, 7) is 0. The minimum Gasteiger partial charge on any atom is -0.0622 e. The maximum atomic E-state index is 2.38. The van der Waals surface area contributed by atoms with Gasteiger partial charge in [-0.15, -0.1) is 0 Å². The highest BCUT2D eigenvalue weighted by Gasteiger charge is 2.28. The number of benzene rings is 6. The molecule has 0 aromatic heterocycles. The highest BCUT2D eigenvalue weighted by Crippen LogP contribution is 2.44. The van der Waals surface area contributed by atoms with Gasteiger partial charge < -0.3 is 0 Å². The van der Waals surface area contributed by atoms with E-state index in [1.54, 1.807) is 0 Å². The predicted octanol–water partition coefficient (Wildman–Crippen LogP) is 8.96. The fraction of sp³-hybridized carbons (Fsp3) is 0.0588. The van der Waals surface area contributed by atoms with Crippen LogP contribution in [0.2, 0.25) is 0 Å². The van der Waals surface area contributed by atoms with Crippen LogP contribution in [0.4, 0.5) is 0 Å². The highest BCUT2D eigenvalue weighted by atomic mass is 14.3. The Kier molecular flexibility index (Phi) is 5.41. The molecule has 6 aromatic rings. The summed E-state index contributed by atoms with van der Waals surface area (Å²) in [5, 5.41) is 5.12. The van der Waals surface area contributed by atoms with Crippen molar-refractivity contribution in [1.29, 1.82) is 0 Å². The molecule has 6 rings (SSSR count). The Balaban J connectivity index is 1.61. The molecule has 2 unspecified atom stereocenters. The van der Waals surface area contributed by atoms with Crippen LogP contribution in [0.3, 0.4) is 0 Å². The minimum atomic E-state index is 0.189. The van der Waals surface area contributed by atoms with Gasteiger partial charge in [0.15, 0.2) is 0 Å². The first-order valence-electron chi connectivity index (χ1n) is 11.9. The lowest BCUT2D eigenvalue weighted by atomic mass is 9.73. The molecule has 34 heavy (non-hydrogen) atoms. The summed E-state index contributed by atoms with van der Waals surface area (Å²) in [7, 11) is 0. The van der Waals surface area contributed by atoms with Crippen LogP contribution in [-0.4, -0.2) is 0 Å². The van der Waals surface area contributed by atoms with E-state index in [2.05, 4.69) is 146 Å². The van der Waals surface area contributed by atoms with E-state index in [0.29, 0.717) is 0 Å². The summed E-state index contributed by atoms with van der Waals surface area (Å²) in [5.41, 5.74) is 5.35. The van der Waals surface area contributed by atoms with Crippen LogP contribution >= 0.6 is 0 Å². The maximum Gasteiger partial charge on any atom is 0.0199 e. The number of hydrogen-bond acceptors (Lipinski definition) is 0. The third-order valence-electron chi connectivity index (χ3n) is 6.92. The van der Waals surface area contributed by atoms with Crippen LogP contribution in [0.5, 0.6) is 0 Å². The molecule has 0 aliphatic heterocycles. The summed E-state index contributed by atoms with van der Waals surface area (Å²) >= 11 is 0. The van der Waals surface area contributed by atoms with Crippen LogP contribution in [0.25, 0.3) is 21.5 Å². The smallest absolute Gasteiger partial charge is 0.0199 e. The van der Waals surface area contributed by atoms with Gasteiger partial charge in [-0.05, 0) is 43.8 Å². The molecule has 0 heterocycles. The molecule has 0 aliphatic rings. The fourth-order valence-electron chi connectivity index (χ4n) is 5.28. The van der Waals surface area contributed by atoms with Crippen molar-refractivity contribution in [2.75, 3.05) is 0 Å². The molecule has 0 amide bonds. The molecule has 6 aromatic carbocycles. The molecule has 0 saturated carbocycles. The van der Waals surface area contributed by atoms with E-state index in [4.69, 9.17) is 0 Å². The highest BCUT2D eigenvalue weighted by molar-refractivity contribution is 5.84. The molecular weight excluding hydrogens is 408 g/mol. The molecule has 0 radical (unpaired) electrons. The van der Waals surface area contributed by atoms with E-state index in [1.165, 1.54) is 43.8 Å². The number of fused-ring (bicyclic) bond motifs is 2. The third-order valence-corrected chi connectivity index (χ3v) is 6.92. The second-order valence-corrected chi connectivity index (χ2v) is 8.99. The van der Waals surface area contributed by atoms with Gasteiger partial charge in [-0.1, -0.05) is 146 Å². The molecule has 0 N–H and O–H groups in total. The maximum absolute atomic E-state index is 2.38. The lowest BCUT2D eigenvalue weighted by Gasteiger charge is -2.30. The molecule has 0 saturated heterocycles. The first kappa shape index (κ1) is 20.4. The summed E-state index contributed by atoms with van der Waals surface area (Å²) in [4.78, 5) is 0. The van der Waals surface area contributed by atoms with Gasteiger partial charge >= 0.3 is 0 Å². The number of rotatable bonds is 5. The Morgan fingerprint density at radius 1 is 0.265 bits per heavy atom. The van der Waals surface area contributed by atoms with Crippen molar-refractivity contribution in [2.45, 2.75) is 11.8 Å². The Morgan fingerprint density at radius 2 is 0.618 bits per heavy atom. The van der Waals surface area contributed by atoms with Crippen molar-refractivity contribution in [3.8, 4) is 0 Å². The molecule has 2 atom stereocenters. The molecule has 0 fully saturated rings. The van der Waals surface area contributed by atoms with Crippen molar-refractivity contribution < 1.29 is 0 Å². The average Bonchev–Trinajstić information content (AvgIpc) is 2.92. The van der Waals surface area contributed by atoms with Crippen LogP contribution in [0.1, 0.15) is 34.1 Å². The Morgan fingerprint density at radius 3 is 1.03 bits per heavy atom. The first-order valence-corrected chi connectivity index (χ1v) is 11.9. The van der Waals surface area contributed by atoms with Crippen LogP contribution in [0, 0.1) is 0 Å². The van der Waals surface area contributed by atoms with Crippen molar-refractivity contribution in [2.24, 2.45) is 0 Å². The van der Waals surface area contributed by atoms with Gasteiger partial charge in [0.25, 0.3) is 0 Å². The van der Waals surface area contributed by atoms with Crippen LogP contribution < -0.4 is 0 Å². The fourth-order valence-corrected chi connectivity index (χ4v) is 5.28. The molecular formula is C34H26. The summed E-state index contributed by atoms with van der Waals surface area (Å²) in [6, 6.07) is 53.2. The monoisotopic (exact) mass is 434 g/mol. The van der Waals surface area contributed by atoms with Crippen LogP contribution in [0.15, 0.2) is 146 Å². The van der Waals surface area contributed by atoms with E-state index in [0.717, 1.165) is 0 Å². The van der Waals surface area contributed by atoms with Gasteiger partial charge in [-0.2, -0.15) is 0 Å². The number of hydrogen-bond donors (Lipinski definition) is 0. The zero-order chi connectivity index (χ0) is 22.7. The van der Waals surface area contributed by atoms with Crippen molar-refractivity contribution in [1.82, 2.24) is 0 Å². The zero-order valence-electron chi connectivity index (χ0n) is 19.0.